The van der Waals surface area contributed by atoms with E-state index < -0.39 is 10.0 Å². The Hall–Kier alpha value is -3.18. The van der Waals surface area contributed by atoms with E-state index >= 15 is 0 Å². The quantitative estimate of drug-likeness (QED) is 0.339. The van der Waals surface area contributed by atoms with Gasteiger partial charge in [0, 0.05) is 32.7 Å². The van der Waals surface area contributed by atoms with Crippen LogP contribution in [0, 0.1) is 4.84 Å². The number of anilines is 1. The molecule has 0 unspecified atom stereocenters. The molecule has 0 bridgehead atoms. The number of hydrogen-bond donors (Lipinski definition) is 1. The first-order chi connectivity index (χ1) is 17.4. The van der Waals surface area contributed by atoms with Gasteiger partial charge in [-0.2, -0.15) is 0 Å². The van der Waals surface area contributed by atoms with Crippen molar-refractivity contribution in [3.63, 3.8) is 0 Å². The highest BCUT2D eigenvalue weighted by atomic mass is 32.2. The SMILES string of the molecule is COc1ccccc1NS(=O)(=O)c1ccc2oc(=S)n(CN3CCN(Cc4ccccc4)CC3)c2c1. The van der Waals surface area contributed by atoms with Gasteiger partial charge in [0.25, 0.3) is 14.9 Å². The monoisotopic (exact) mass is 524 g/mol. The highest BCUT2D eigenvalue weighted by Crippen LogP contribution is 2.28. The molecular weight excluding hydrogens is 496 g/mol. The summed E-state index contributed by atoms with van der Waals surface area (Å²) in [5, 5.41) is 0. The fourth-order valence-electron chi connectivity index (χ4n) is 4.41. The first-order valence-corrected chi connectivity index (χ1v) is 13.6. The number of hydrogen-bond acceptors (Lipinski definition) is 7. The Kier molecular flexibility index (Phi) is 7.10. The lowest BCUT2D eigenvalue weighted by Crippen LogP contribution is -2.46. The summed E-state index contributed by atoms with van der Waals surface area (Å²) in [4.78, 5) is 5.19. The fraction of sp³-hybridized carbons (Fsp3) is 0.269. The molecule has 5 rings (SSSR count). The molecule has 188 valence electrons. The number of sulfonamides is 1. The van der Waals surface area contributed by atoms with Crippen LogP contribution in [0.1, 0.15) is 5.56 Å². The second-order valence-corrected chi connectivity index (χ2v) is 10.8. The third kappa shape index (κ3) is 5.31. The second-order valence-electron chi connectivity index (χ2n) is 8.75. The topological polar surface area (TPSA) is 79.9 Å². The van der Waals surface area contributed by atoms with Gasteiger partial charge in [0.1, 0.15) is 5.75 Å². The van der Waals surface area contributed by atoms with E-state index in [0.29, 0.717) is 34.0 Å². The van der Waals surface area contributed by atoms with Crippen LogP contribution in [0.25, 0.3) is 11.1 Å². The normalized spacial score (nSPS) is 15.2. The predicted octanol–water partition coefficient (Wildman–Crippen LogP) is 4.55. The summed E-state index contributed by atoms with van der Waals surface area (Å²) in [5.74, 6) is 0.444. The molecule has 8 nitrogen and oxygen atoms in total. The van der Waals surface area contributed by atoms with Crippen LogP contribution >= 0.6 is 12.2 Å². The molecule has 1 N–H and O–H groups in total. The molecular formula is C26H28N4O4S2. The second kappa shape index (κ2) is 10.4. The number of piperazine rings is 1. The molecule has 10 heteroatoms. The molecule has 1 aliphatic rings. The molecule has 0 spiro atoms. The van der Waals surface area contributed by atoms with E-state index in [1.165, 1.54) is 18.7 Å². The van der Waals surface area contributed by atoms with Crippen LogP contribution in [0.3, 0.4) is 0 Å². The van der Waals surface area contributed by atoms with Crippen molar-refractivity contribution >= 4 is 39.0 Å². The van der Waals surface area contributed by atoms with Gasteiger partial charge in [-0.05, 0) is 48.1 Å². The molecule has 3 aromatic carbocycles. The number of aromatic nitrogens is 1. The number of nitrogens with one attached hydrogen (secondary N) is 1. The Bertz CT molecular complexity index is 1510. The van der Waals surface area contributed by atoms with Crippen LogP contribution in [0.4, 0.5) is 5.69 Å². The van der Waals surface area contributed by atoms with Crippen LogP contribution in [0.5, 0.6) is 5.75 Å². The lowest BCUT2D eigenvalue weighted by Gasteiger charge is -2.34. The molecule has 1 aromatic heterocycles. The molecule has 4 aromatic rings. The maximum Gasteiger partial charge on any atom is 0.270 e. The Labute approximate surface area is 215 Å². The first kappa shape index (κ1) is 24.5. The number of rotatable bonds is 8. The summed E-state index contributed by atoms with van der Waals surface area (Å²) in [5.41, 5.74) is 2.88. The zero-order valence-electron chi connectivity index (χ0n) is 20.0. The number of para-hydroxylation sites is 2. The van der Waals surface area contributed by atoms with Gasteiger partial charge in [0.05, 0.1) is 29.9 Å². The van der Waals surface area contributed by atoms with Gasteiger partial charge in [0.2, 0.25) is 0 Å². The van der Waals surface area contributed by atoms with Gasteiger partial charge < -0.3 is 9.15 Å². The van der Waals surface area contributed by atoms with Crippen molar-refractivity contribution in [2.24, 2.45) is 0 Å². The zero-order valence-corrected chi connectivity index (χ0v) is 21.6. The maximum absolute atomic E-state index is 13.2. The van der Waals surface area contributed by atoms with Crippen LogP contribution in [-0.4, -0.2) is 56.1 Å². The van der Waals surface area contributed by atoms with Crippen LogP contribution in [0.2, 0.25) is 0 Å². The summed E-state index contributed by atoms with van der Waals surface area (Å²) >= 11 is 5.48. The van der Waals surface area contributed by atoms with Crippen LogP contribution < -0.4 is 9.46 Å². The summed E-state index contributed by atoms with van der Waals surface area (Å²) in [6, 6.07) is 22.1. The molecule has 1 saturated heterocycles. The predicted molar refractivity (Wildman–Crippen MR) is 142 cm³/mol. The van der Waals surface area contributed by atoms with Crippen molar-refractivity contribution in [3.05, 3.63) is 83.2 Å². The summed E-state index contributed by atoms with van der Waals surface area (Å²) in [7, 11) is -2.35. The van der Waals surface area contributed by atoms with Gasteiger partial charge in [0.15, 0.2) is 5.58 Å². The zero-order chi connectivity index (χ0) is 25.1. The summed E-state index contributed by atoms with van der Waals surface area (Å²) in [6.45, 7) is 5.13. The molecule has 2 heterocycles. The lowest BCUT2D eigenvalue weighted by molar-refractivity contribution is 0.103. The molecule has 0 radical (unpaired) electrons. The minimum atomic E-state index is -3.85. The van der Waals surface area contributed by atoms with E-state index in [4.69, 9.17) is 21.4 Å². The number of benzene rings is 3. The third-order valence-electron chi connectivity index (χ3n) is 6.36. The van der Waals surface area contributed by atoms with Gasteiger partial charge in [-0.15, -0.1) is 0 Å². The highest BCUT2D eigenvalue weighted by Gasteiger charge is 2.21. The third-order valence-corrected chi connectivity index (χ3v) is 8.02. The fourth-order valence-corrected chi connectivity index (χ4v) is 5.74. The molecule has 0 saturated carbocycles. The summed E-state index contributed by atoms with van der Waals surface area (Å²) in [6.07, 6.45) is 0. The molecule has 0 atom stereocenters. The van der Waals surface area contributed by atoms with Crippen molar-refractivity contribution in [2.45, 2.75) is 18.1 Å². The number of nitrogens with zero attached hydrogens (tertiary/aromatic N) is 3. The average Bonchev–Trinajstić information content (AvgIpc) is 3.20. The Balaban J connectivity index is 1.32. The largest absolute Gasteiger partial charge is 0.495 e. The molecule has 1 aliphatic heterocycles. The van der Waals surface area contributed by atoms with Gasteiger partial charge >= 0.3 is 0 Å². The van der Waals surface area contributed by atoms with Crippen molar-refractivity contribution in [1.29, 1.82) is 0 Å². The van der Waals surface area contributed by atoms with Gasteiger partial charge in [-0.3, -0.25) is 19.1 Å². The van der Waals surface area contributed by atoms with Crippen molar-refractivity contribution in [2.75, 3.05) is 38.0 Å². The lowest BCUT2D eigenvalue weighted by atomic mass is 10.2. The maximum atomic E-state index is 13.2. The van der Waals surface area contributed by atoms with Crippen molar-refractivity contribution in [3.8, 4) is 5.75 Å². The van der Waals surface area contributed by atoms with Crippen molar-refractivity contribution in [1.82, 2.24) is 14.4 Å². The van der Waals surface area contributed by atoms with E-state index in [2.05, 4.69) is 38.8 Å². The minimum Gasteiger partial charge on any atom is -0.495 e. The minimum absolute atomic E-state index is 0.123. The number of methoxy groups -OCH3 is 1. The van der Waals surface area contributed by atoms with E-state index in [1.54, 1.807) is 36.4 Å². The Morgan fingerprint density at radius 2 is 1.64 bits per heavy atom. The molecule has 0 amide bonds. The number of ether oxygens (including phenoxy) is 1. The smallest absolute Gasteiger partial charge is 0.270 e. The van der Waals surface area contributed by atoms with E-state index in [-0.39, 0.29) is 4.90 Å². The molecule has 1 fully saturated rings. The standard InChI is InChI=1S/C26H28N4O4S2/c1-33-24-10-6-5-9-22(24)27-36(31,32)21-11-12-25-23(17-21)30(26(35)34-25)19-29-15-13-28(14-16-29)18-20-7-3-2-4-8-20/h2-12,17,27H,13-16,18-19H2,1H3. The van der Waals surface area contributed by atoms with Gasteiger partial charge in [-0.25, -0.2) is 8.42 Å². The van der Waals surface area contributed by atoms with E-state index in [0.717, 1.165) is 32.7 Å². The average molecular weight is 525 g/mol. The number of fused-ring (bicyclic) bond motifs is 1. The van der Waals surface area contributed by atoms with E-state index in [1.807, 2.05) is 10.6 Å². The van der Waals surface area contributed by atoms with Crippen LogP contribution in [-0.2, 0) is 23.2 Å². The van der Waals surface area contributed by atoms with Gasteiger partial charge in [-0.1, -0.05) is 42.5 Å². The molecule has 0 aliphatic carbocycles. The highest BCUT2D eigenvalue weighted by molar-refractivity contribution is 7.92. The van der Waals surface area contributed by atoms with E-state index in [9.17, 15) is 8.42 Å². The van der Waals surface area contributed by atoms with Crippen molar-refractivity contribution < 1.29 is 17.6 Å². The Morgan fingerprint density at radius 1 is 0.944 bits per heavy atom. The first-order valence-electron chi connectivity index (χ1n) is 11.7. The molecule has 36 heavy (non-hydrogen) atoms. The Morgan fingerprint density at radius 3 is 2.39 bits per heavy atom. The summed E-state index contributed by atoms with van der Waals surface area (Å²) < 4.78 is 41.8. The van der Waals surface area contributed by atoms with Crippen LogP contribution in [0.15, 0.2) is 82.1 Å². The number of oxazole rings is 1.